The minimum Gasteiger partial charge on any atom is -0.493 e. The van der Waals surface area contributed by atoms with E-state index < -0.39 is 0 Å². The molecule has 1 aromatic heterocycles. The minimum atomic E-state index is 0.771. The van der Waals surface area contributed by atoms with E-state index in [1.54, 1.807) is 25.6 Å². The molecule has 0 aliphatic carbocycles. The van der Waals surface area contributed by atoms with Gasteiger partial charge in [0.05, 0.1) is 14.2 Å². The molecule has 0 amide bonds. The Bertz CT molecular complexity index is 488. The van der Waals surface area contributed by atoms with Crippen LogP contribution in [0.1, 0.15) is 5.56 Å². The molecule has 1 heterocycles. The van der Waals surface area contributed by atoms with Crippen molar-refractivity contribution in [3.8, 4) is 21.9 Å². The summed E-state index contributed by atoms with van der Waals surface area (Å²) in [6.07, 6.45) is 0. The van der Waals surface area contributed by atoms with Gasteiger partial charge in [-0.3, -0.25) is 0 Å². The van der Waals surface area contributed by atoms with Gasteiger partial charge in [0.15, 0.2) is 11.5 Å². The lowest BCUT2D eigenvalue weighted by Crippen LogP contribution is -1.92. The normalized spacial score (nSPS) is 10.2. The first-order valence-corrected chi connectivity index (χ1v) is 5.91. The van der Waals surface area contributed by atoms with Crippen LogP contribution in [0.15, 0.2) is 29.6 Å². The lowest BCUT2D eigenvalue weighted by molar-refractivity contribution is 0.356. The molecular weight excluding hydrogens is 220 g/mol. The lowest BCUT2D eigenvalue weighted by Gasteiger charge is -2.11. The Morgan fingerprint density at radius 2 is 1.88 bits per heavy atom. The van der Waals surface area contributed by atoms with Crippen molar-refractivity contribution in [3.63, 3.8) is 0 Å². The summed E-state index contributed by atoms with van der Waals surface area (Å²) in [7, 11) is 3.33. The van der Waals surface area contributed by atoms with Crippen molar-refractivity contribution in [2.75, 3.05) is 14.2 Å². The van der Waals surface area contributed by atoms with E-state index in [2.05, 4.69) is 24.4 Å². The van der Waals surface area contributed by atoms with E-state index in [0.29, 0.717) is 0 Å². The second-order valence-corrected chi connectivity index (χ2v) is 4.39. The SMILES string of the molecule is COc1cccc(-c2sccc2C)c1OC. The van der Waals surface area contributed by atoms with Gasteiger partial charge in [-0.2, -0.15) is 0 Å². The summed E-state index contributed by atoms with van der Waals surface area (Å²) >= 11 is 1.72. The fraction of sp³-hybridized carbons (Fsp3) is 0.231. The quantitative estimate of drug-likeness (QED) is 0.805. The summed E-state index contributed by atoms with van der Waals surface area (Å²) in [5.41, 5.74) is 2.35. The average molecular weight is 234 g/mol. The van der Waals surface area contributed by atoms with Crippen LogP contribution in [0.2, 0.25) is 0 Å². The Balaban J connectivity index is 2.61. The number of hydrogen-bond donors (Lipinski definition) is 0. The van der Waals surface area contributed by atoms with Gasteiger partial charge in [0.25, 0.3) is 0 Å². The van der Waals surface area contributed by atoms with Crippen molar-refractivity contribution in [3.05, 3.63) is 35.2 Å². The summed E-state index contributed by atoms with van der Waals surface area (Å²) < 4.78 is 10.7. The average Bonchev–Trinajstić information content (AvgIpc) is 2.74. The van der Waals surface area contributed by atoms with Gasteiger partial charge < -0.3 is 9.47 Å². The van der Waals surface area contributed by atoms with Crippen LogP contribution in [-0.2, 0) is 0 Å². The van der Waals surface area contributed by atoms with Crippen molar-refractivity contribution < 1.29 is 9.47 Å². The monoisotopic (exact) mass is 234 g/mol. The second kappa shape index (κ2) is 4.58. The molecule has 3 heteroatoms. The number of aryl methyl sites for hydroxylation is 1. The van der Waals surface area contributed by atoms with Crippen molar-refractivity contribution in [1.82, 2.24) is 0 Å². The number of ether oxygens (including phenoxy) is 2. The smallest absolute Gasteiger partial charge is 0.169 e. The molecule has 2 aromatic rings. The van der Waals surface area contributed by atoms with Crippen LogP contribution in [0.25, 0.3) is 10.4 Å². The molecule has 0 unspecified atom stereocenters. The van der Waals surface area contributed by atoms with E-state index in [4.69, 9.17) is 9.47 Å². The first-order valence-electron chi connectivity index (χ1n) is 5.03. The standard InChI is InChI=1S/C13H14O2S/c1-9-7-8-16-13(9)10-5-4-6-11(14-2)12(10)15-3/h4-8H,1-3H3. The lowest BCUT2D eigenvalue weighted by atomic mass is 10.1. The van der Waals surface area contributed by atoms with E-state index in [9.17, 15) is 0 Å². The predicted molar refractivity (Wildman–Crippen MR) is 67.6 cm³/mol. The summed E-state index contributed by atoms with van der Waals surface area (Å²) in [4.78, 5) is 1.23. The van der Waals surface area contributed by atoms with Crippen molar-refractivity contribution in [1.29, 1.82) is 0 Å². The molecule has 0 saturated heterocycles. The third kappa shape index (κ3) is 1.78. The molecule has 0 saturated carbocycles. The number of thiophene rings is 1. The van der Waals surface area contributed by atoms with Crippen LogP contribution < -0.4 is 9.47 Å². The molecule has 2 nitrogen and oxygen atoms in total. The molecule has 0 bridgehead atoms. The van der Waals surface area contributed by atoms with E-state index in [-0.39, 0.29) is 0 Å². The van der Waals surface area contributed by atoms with Gasteiger partial charge in [-0.1, -0.05) is 6.07 Å². The first-order chi connectivity index (χ1) is 7.77. The van der Waals surface area contributed by atoms with E-state index in [0.717, 1.165) is 17.1 Å². The highest BCUT2D eigenvalue weighted by molar-refractivity contribution is 7.13. The molecule has 0 atom stereocenters. The molecular formula is C13H14O2S. The zero-order chi connectivity index (χ0) is 11.5. The molecule has 0 N–H and O–H groups in total. The Hall–Kier alpha value is -1.48. The number of benzene rings is 1. The summed E-state index contributed by atoms with van der Waals surface area (Å²) in [6.45, 7) is 2.10. The maximum absolute atomic E-state index is 5.43. The largest absolute Gasteiger partial charge is 0.493 e. The molecule has 16 heavy (non-hydrogen) atoms. The number of methoxy groups -OCH3 is 2. The van der Waals surface area contributed by atoms with Crippen molar-refractivity contribution in [2.45, 2.75) is 6.92 Å². The van der Waals surface area contributed by atoms with E-state index >= 15 is 0 Å². The number of para-hydroxylation sites is 1. The Kier molecular flexibility index (Phi) is 3.15. The van der Waals surface area contributed by atoms with Crippen LogP contribution in [0.4, 0.5) is 0 Å². The van der Waals surface area contributed by atoms with E-state index in [1.165, 1.54) is 10.4 Å². The maximum atomic E-state index is 5.43. The first kappa shape index (κ1) is 11.0. The van der Waals surface area contributed by atoms with Gasteiger partial charge in [-0.15, -0.1) is 11.3 Å². The van der Waals surface area contributed by atoms with Crippen molar-refractivity contribution in [2.24, 2.45) is 0 Å². The molecule has 0 aliphatic rings. The Labute approximate surface area is 99.5 Å². The Morgan fingerprint density at radius 1 is 1.06 bits per heavy atom. The molecule has 2 rings (SSSR count). The third-order valence-electron chi connectivity index (χ3n) is 2.51. The number of rotatable bonds is 3. The fourth-order valence-electron chi connectivity index (χ4n) is 1.71. The van der Waals surface area contributed by atoms with Gasteiger partial charge in [0, 0.05) is 10.4 Å². The topological polar surface area (TPSA) is 18.5 Å². The zero-order valence-corrected chi connectivity index (χ0v) is 10.4. The summed E-state index contributed by atoms with van der Waals surface area (Å²) in [5, 5.41) is 2.09. The van der Waals surface area contributed by atoms with Gasteiger partial charge >= 0.3 is 0 Å². The highest BCUT2D eigenvalue weighted by atomic mass is 32.1. The third-order valence-corrected chi connectivity index (χ3v) is 3.56. The van der Waals surface area contributed by atoms with E-state index in [1.807, 2.05) is 12.1 Å². The molecule has 0 fully saturated rings. The van der Waals surface area contributed by atoms with Crippen molar-refractivity contribution >= 4 is 11.3 Å². The van der Waals surface area contributed by atoms with Gasteiger partial charge in [0.1, 0.15) is 0 Å². The molecule has 0 radical (unpaired) electrons. The van der Waals surface area contributed by atoms with Gasteiger partial charge in [-0.25, -0.2) is 0 Å². The zero-order valence-electron chi connectivity index (χ0n) is 9.61. The van der Waals surface area contributed by atoms with Crippen LogP contribution in [0.5, 0.6) is 11.5 Å². The minimum absolute atomic E-state index is 0.771. The molecule has 0 aliphatic heterocycles. The highest BCUT2D eigenvalue weighted by Crippen LogP contribution is 2.41. The predicted octanol–water partition coefficient (Wildman–Crippen LogP) is 3.74. The molecule has 84 valence electrons. The fourth-order valence-corrected chi connectivity index (χ4v) is 2.66. The maximum Gasteiger partial charge on any atom is 0.169 e. The summed E-state index contributed by atoms with van der Waals surface area (Å²) in [5.74, 6) is 1.57. The summed E-state index contributed by atoms with van der Waals surface area (Å²) in [6, 6.07) is 8.06. The van der Waals surface area contributed by atoms with Gasteiger partial charge in [0.2, 0.25) is 0 Å². The van der Waals surface area contributed by atoms with Crippen LogP contribution in [0, 0.1) is 6.92 Å². The van der Waals surface area contributed by atoms with Crippen LogP contribution in [0.3, 0.4) is 0 Å². The molecule has 0 spiro atoms. The number of hydrogen-bond acceptors (Lipinski definition) is 3. The highest BCUT2D eigenvalue weighted by Gasteiger charge is 2.13. The second-order valence-electron chi connectivity index (χ2n) is 3.47. The van der Waals surface area contributed by atoms with Gasteiger partial charge in [-0.05, 0) is 36.1 Å². The van der Waals surface area contributed by atoms with Crippen LogP contribution >= 0.6 is 11.3 Å². The Morgan fingerprint density at radius 3 is 2.44 bits per heavy atom. The molecule has 1 aromatic carbocycles. The van der Waals surface area contributed by atoms with Crippen LogP contribution in [-0.4, -0.2) is 14.2 Å².